The summed E-state index contributed by atoms with van der Waals surface area (Å²) in [5.74, 6) is 0.788. The van der Waals surface area contributed by atoms with Crippen LogP contribution in [0.15, 0.2) is 54.6 Å². The zero-order valence-corrected chi connectivity index (χ0v) is 13.7. The molecule has 1 heterocycles. The van der Waals surface area contributed by atoms with Crippen LogP contribution in [0, 0.1) is 0 Å². The topological polar surface area (TPSA) is 53.6 Å². The van der Waals surface area contributed by atoms with E-state index in [-0.39, 0.29) is 6.03 Å². The highest BCUT2D eigenvalue weighted by Gasteiger charge is 2.14. The molecule has 1 saturated heterocycles. The monoisotopic (exact) mass is 325 g/mol. The van der Waals surface area contributed by atoms with Gasteiger partial charge in [-0.05, 0) is 42.8 Å². The van der Waals surface area contributed by atoms with Crippen LogP contribution in [-0.4, -0.2) is 37.1 Å². The highest BCUT2D eigenvalue weighted by molar-refractivity contribution is 5.89. The Labute approximate surface area is 142 Å². The second-order valence-electron chi connectivity index (χ2n) is 5.82. The number of urea groups is 1. The van der Waals surface area contributed by atoms with E-state index in [1.165, 1.54) is 0 Å². The van der Waals surface area contributed by atoms with Crippen molar-refractivity contribution in [2.75, 3.05) is 31.5 Å². The number of carbonyl (C=O) groups excluding carboxylic acids is 1. The van der Waals surface area contributed by atoms with E-state index in [2.05, 4.69) is 10.6 Å². The van der Waals surface area contributed by atoms with Crippen LogP contribution in [0.5, 0.6) is 5.75 Å². The molecule has 1 fully saturated rings. The average Bonchev–Trinajstić information content (AvgIpc) is 2.91. The highest BCUT2D eigenvalue weighted by atomic mass is 16.5. The molecule has 0 aliphatic carbocycles. The molecule has 0 unspecified atom stereocenters. The van der Waals surface area contributed by atoms with Crippen molar-refractivity contribution < 1.29 is 9.53 Å². The van der Waals surface area contributed by atoms with Gasteiger partial charge in [-0.25, -0.2) is 4.79 Å². The van der Waals surface area contributed by atoms with E-state index in [0.29, 0.717) is 6.61 Å². The van der Waals surface area contributed by atoms with Crippen LogP contribution in [0.1, 0.15) is 12.0 Å². The normalized spacial score (nSPS) is 14.8. The van der Waals surface area contributed by atoms with E-state index in [0.717, 1.165) is 49.6 Å². The molecule has 3 rings (SSSR count). The Hall–Kier alpha value is -2.53. The fourth-order valence-electron chi connectivity index (χ4n) is 2.63. The Bertz CT molecular complexity index is 635. The number of rotatable bonds is 4. The third kappa shape index (κ3) is 4.73. The second-order valence-corrected chi connectivity index (χ2v) is 5.82. The molecular weight excluding hydrogens is 302 g/mol. The van der Waals surface area contributed by atoms with Gasteiger partial charge in [0.1, 0.15) is 12.4 Å². The number of nitrogens with zero attached hydrogens (tertiary/aromatic N) is 1. The SMILES string of the molecule is O=C(Nc1ccc(OCc2ccccc2)cc1)N1CCCNCC1. The Morgan fingerprint density at radius 3 is 2.62 bits per heavy atom. The van der Waals surface area contributed by atoms with Crippen LogP contribution in [0.4, 0.5) is 10.5 Å². The number of amides is 2. The maximum atomic E-state index is 12.3. The zero-order chi connectivity index (χ0) is 16.6. The summed E-state index contributed by atoms with van der Waals surface area (Å²) >= 11 is 0. The lowest BCUT2D eigenvalue weighted by molar-refractivity contribution is 0.215. The summed E-state index contributed by atoms with van der Waals surface area (Å²) in [7, 11) is 0. The zero-order valence-electron chi connectivity index (χ0n) is 13.7. The summed E-state index contributed by atoms with van der Waals surface area (Å²) in [6.07, 6.45) is 0.986. The third-order valence-corrected chi connectivity index (χ3v) is 3.98. The van der Waals surface area contributed by atoms with Crippen molar-refractivity contribution in [1.29, 1.82) is 0 Å². The predicted octanol–water partition coefficient (Wildman–Crippen LogP) is 3.09. The van der Waals surface area contributed by atoms with Crippen molar-refractivity contribution in [1.82, 2.24) is 10.2 Å². The number of anilines is 1. The Morgan fingerprint density at radius 2 is 1.83 bits per heavy atom. The number of ether oxygens (including phenoxy) is 1. The van der Waals surface area contributed by atoms with Crippen molar-refractivity contribution in [3.05, 3.63) is 60.2 Å². The molecule has 0 bridgehead atoms. The molecule has 126 valence electrons. The summed E-state index contributed by atoms with van der Waals surface area (Å²) in [5, 5.41) is 6.24. The highest BCUT2D eigenvalue weighted by Crippen LogP contribution is 2.17. The molecule has 0 radical (unpaired) electrons. The van der Waals surface area contributed by atoms with Gasteiger partial charge < -0.3 is 20.3 Å². The maximum Gasteiger partial charge on any atom is 0.321 e. The summed E-state index contributed by atoms with van der Waals surface area (Å²) in [6.45, 7) is 3.88. The Morgan fingerprint density at radius 1 is 1.04 bits per heavy atom. The van der Waals surface area contributed by atoms with E-state index in [1.54, 1.807) is 0 Å². The fraction of sp³-hybridized carbons (Fsp3) is 0.316. The lowest BCUT2D eigenvalue weighted by atomic mass is 10.2. The molecule has 2 amide bonds. The first-order chi connectivity index (χ1) is 11.8. The van der Waals surface area contributed by atoms with Gasteiger partial charge in [-0.2, -0.15) is 0 Å². The smallest absolute Gasteiger partial charge is 0.321 e. The summed E-state index contributed by atoms with van der Waals surface area (Å²) in [5.41, 5.74) is 1.91. The lowest BCUT2D eigenvalue weighted by Gasteiger charge is -2.20. The van der Waals surface area contributed by atoms with E-state index in [9.17, 15) is 4.79 Å². The quantitative estimate of drug-likeness (QED) is 0.908. The predicted molar refractivity (Wildman–Crippen MR) is 95.3 cm³/mol. The van der Waals surface area contributed by atoms with E-state index in [1.807, 2.05) is 59.5 Å². The summed E-state index contributed by atoms with van der Waals surface area (Å²) in [4.78, 5) is 14.1. The van der Waals surface area contributed by atoms with Gasteiger partial charge in [0, 0.05) is 25.3 Å². The van der Waals surface area contributed by atoms with Gasteiger partial charge in [0.05, 0.1) is 0 Å². The number of nitrogens with one attached hydrogen (secondary N) is 2. The van der Waals surface area contributed by atoms with E-state index < -0.39 is 0 Å². The van der Waals surface area contributed by atoms with Crippen molar-refractivity contribution in [2.24, 2.45) is 0 Å². The standard InChI is InChI=1S/C19H23N3O2/c23-19(22-13-4-11-20-12-14-22)21-17-7-9-18(10-8-17)24-15-16-5-2-1-3-6-16/h1-3,5-10,20H,4,11-15H2,(H,21,23). The van der Waals surface area contributed by atoms with Crippen molar-refractivity contribution in [3.8, 4) is 5.75 Å². The fourth-order valence-corrected chi connectivity index (χ4v) is 2.63. The molecule has 1 aliphatic rings. The van der Waals surface area contributed by atoms with Gasteiger partial charge in [0.2, 0.25) is 0 Å². The minimum atomic E-state index is -0.0448. The molecule has 0 spiro atoms. The van der Waals surface area contributed by atoms with Gasteiger partial charge in [-0.3, -0.25) is 0 Å². The van der Waals surface area contributed by atoms with E-state index >= 15 is 0 Å². The molecule has 1 aliphatic heterocycles. The Balaban J connectivity index is 1.51. The third-order valence-electron chi connectivity index (χ3n) is 3.98. The van der Waals surface area contributed by atoms with Crippen molar-refractivity contribution in [3.63, 3.8) is 0 Å². The molecule has 2 N–H and O–H groups in total. The Kier molecular flexibility index (Phi) is 5.69. The van der Waals surface area contributed by atoms with E-state index in [4.69, 9.17) is 4.74 Å². The molecule has 0 atom stereocenters. The van der Waals surface area contributed by atoms with Crippen LogP contribution in [-0.2, 0) is 6.61 Å². The first-order valence-corrected chi connectivity index (χ1v) is 8.35. The van der Waals surface area contributed by atoms with Crippen molar-refractivity contribution >= 4 is 11.7 Å². The molecular formula is C19H23N3O2. The van der Waals surface area contributed by atoms with Crippen LogP contribution >= 0.6 is 0 Å². The number of hydrogen-bond acceptors (Lipinski definition) is 3. The molecule has 2 aromatic rings. The van der Waals surface area contributed by atoms with Crippen LogP contribution in [0.25, 0.3) is 0 Å². The minimum absolute atomic E-state index is 0.0448. The van der Waals surface area contributed by atoms with Crippen molar-refractivity contribution in [2.45, 2.75) is 13.0 Å². The maximum absolute atomic E-state index is 12.3. The molecule has 24 heavy (non-hydrogen) atoms. The molecule has 0 aromatic heterocycles. The molecule has 5 nitrogen and oxygen atoms in total. The van der Waals surface area contributed by atoms with Crippen LogP contribution in [0.3, 0.4) is 0 Å². The molecule has 0 saturated carbocycles. The lowest BCUT2D eigenvalue weighted by Crippen LogP contribution is -2.37. The van der Waals surface area contributed by atoms with Gasteiger partial charge in [0.25, 0.3) is 0 Å². The minimum Gasteiger partial charge on any atom is -0.489 e. The largest absolute Gasteiger partial charge is 0.489 e. The first-order valence-electron chi connectivity index (χ1n) is 8.35. The van der Waals surface area contributed by atoms with Gasteiger partial charge >= 0.3 is 6.03 Å². The number of benzene rings is 2. The number of hydrogen-bond donors (Lipinski definition) is 2. The van der Waals surface area contributed by atoms with Gasteiger partial charge in [0.15, 0.2) is 0 Å². The first kappa shape index (κ1) is 16.3. The second kappa shape index (κ2) is 8.36. The van der Waals surface area contributed by atoms with Crippen LogP contribution < -0.4 is 15.4 Å². The summed E-state index contributed by atoms with van der Waals surface area (Å²) in [6, 6.07) is 17.5. The van der Waals surface area contributed by atoms with Gasteiger partial charge in [-0.1, -0.05) is 30.3 Å². The molecule has 2 aromatic carbocycles. The summed E-state index contributed by atoms with van der Waals surface area (Å²) < 4.78 is 5.75. The number of carbonyl (C=O) groups is 1. The van der Waals surface area contributed by atoms with Crippen LogP contribution in [0.2, 0.25) is 0 Å². The molecule has 5 heteroatoms. The van der Waals surface area contributed by atoms with Gasteiger partial charge in [-0.15, -0.1) is 0 Å². The average molecular weight is 325 g/mol.